The van der Waals surface area contributed by atoms with Crippen LogP contribution in [0.4, 0.5) is 0 Å². The molecule has 32 heavy (non-hydrogen) atoms. The summed E-state index contributed by atoms with van der Waals surface area (Å²) in [5.41, 5.74) is 8.98. The van der Waals surface area contributed by atoms with E-state index in [2.05, 4.69) is 61.7 Å². The summed E-state index contributed by atoms with van der Waals surface area (Å²) in [6, 6.07) is 19.3. The van der Waals surface area contributed by atoms with E-state index in [9.17, 15) is 5.11 Å². The fourth-order valence-corrected chi connectivity index (χ4v) is 4.19. The molecule has 0 aliphatic carbocycles. The number of nitrogens with one attached hydrogen (secondary N) is 2. The van der Waals surface area contributed by atoms with Crippen LogP contribution in [0.25, 0.3) is 0 Å². The SMILES string of the molecule is CCCC[C@@H](N)CN[C@@H](CN[C@H](CCc1ccccc1)CC(C)C)Cc1ccc(O)cc1. The van der Waals surface area contributed by atoms with Gasteiger partial charge in [0.15, 0.2) is 0 Å². The van der Waals surface area contributed by atoms with Crippen LogP contribution in [0.1, 0.15) is 64.0 Å². The van der Waals surface area contributed by atoms with Crippen LogP contribution in [-0.4, -0.2) is 36.3 Å². The van der Waals surface area contributed by atoms with Crippen molar-refractivity contribution in [2.24, 2.45) is 11.7 Å². The molecular formula is C28H45N3O. The molecule has 0 unspecified atom stereocenters. The van der Waals surface area contributed by atoms with E-state index in [4.69, 9.17) is 5.73 Å². The third-order valence-corrected chi connectivity index (χ3v) is 6.05. The zero-order valence-corrected chi connectivity index (χ0v) is 20.4. The van der Waals surface area contributed by atoms with Crippen molar-refractivity contribution in [1.29, 1.82) is 0 Å². The lowest BCUT2D eigenvalue weighted by Gasteiger charge is -2.26. The molecule has 2 aromatic carbocycles. The Morgan fingerprint density at radius 2 is 1.53 bits per heavy atom. The van der Waals surface area contributed by atoms with Crippen LogP contribution in [0.2, 0.25) is 0 Å². The molecule has 0 aliphatic rings. The molecule has 0 heterocycles. The standard InChI is InChI=1S/C28H45N3O/c1-4-5-11-25(29)20-30-27(19-24-13-16-28(32)17-14-24)21-31-26(18-22(2)3)15-12-23-9-7-6-8-10-23/h6-10,13-14,16-17,22,25-27,30-32H,4-5,11-12,15,18-21,29H2,1-3H3/t25-,26-,27-/m1/s1. The first kappa shape index (κ1) is 26.4. The van der Waals surface area contributed by atoms with Crippen LogP contribution in [0.5, 0.6) is 5.75 Å². The Labute approximate surface area is 196 Å². The number of phenolic OH excluding ortho intramolecular Hbond substituents is 1. The molecule has 5 N–H and O–H groups in total. The Morgan fingerprint density at radius 1 is 0.844 bits per heavy atom. The summed E-state index contributed by atoms with van der Waals surface area (Å²) >= 11 is 0. The zero-order chi connectivity index (χ0) is 23.2. The van der Waals surface area contributed by atoms with Crippen LogP contribution < -0.4 is 16.4 Å². The number of phenols is 1. The number of nitrogens with two attached hydrogens (primary N) is 1. The maximum atomic E-state index is 9.62. The van der Waals surface area contributed by atoms with Crippen molar-refractivity contribution in [2.75, 3.05) is 13.1 Å². The summed E-state index contributed by atoms with van der Waals surface area (Å²) in [5, 5.41) is 17.2. The average molecular weight is 440 g/mol. The van der Waals surface area contributed by atoms with Crippen LogP contribution in [-0.2, 0) is 12.8 Å². The summed E-state index contributed by atoms with van der Waals surface area (Å²) < 4.78 is 0. The van der Waals surface area contributed by atoms with E-state index in [1.807, 2.05) is 12.1 Å². The van der Waals surface area contributed by atoms with E-state index in [0.717, 1.165) is 38.8 Å². The number of hydrogen-bond acceptors (Lipinski definition) is 4. The van der Waals surface area contributed by atoms with E-state index < -0.39 is 0 Å². The highest BCUT2D eigenvalue weighted by Gasteiger charge is 2.16. The zero-order valence-electron chi connectivity index (χ0n) is 20.4. The molecule has 0 saturated heterocycles. The van der Waals surface area contributed by atoms with Gasteiger partial charge in [0.1, 0.15) is 5.75 Å². The second-order valence-electron chi connectivity index (χ2n) is 9.64. The van der Waals surface area contributed by atoms with Gasteiger partial charge in [-0.1, -0.05) is 76.1 Å². The Bertz CT molecular complexity index is 717. The fraction of sp³-hybridized carbons (Fsp3) is 0.571. The van der Waals surface area contributed by atoms with E-state index >= 15 is 0 Å². The molecule has 2 rings (SSSR count). The molecule has 3 atom stereocenters. The third kappa shape index (κ3) is 11.1. The predicted molar refractivity (Wildman–Crippen MR) is 137 cm³/mol. The van der Waals surface area contributed by atoms with Crippen molar-refractivity contribution in [3.05, 3.63) is 65.7 Å². The Morgan fingerprint density at radius 3 is 2.19 bits per heavy atom. The van der Waals surface area contributed by atoms with Crippen molar-refractivity contribution in [2.45, 2.75) is 83.8 Å². The first-order valence-electron chi connectivity index (χ1n) is 12.5. The predicted octanol–water partition coefficient (Wildman–Crippen LogP) is 5.05. The van der Waals surface area contributed by atoms with Gasteiger partial charge in [-0.15, -0.1) is 0 Å². The molecule has 0 radical (unpaired) electrons. The molecule has 0 spiro atoms. The quantitative estimate of drug-likeness (QED) is 0.295. The minimum Gasteiger partial charge on any atom is -0.508 e. The summed E-state index contributed by atoms with van der Waals surface area (Å²) in [6.07, 6.45) is 7.77. The second-order valence-corrected chi connectivity index (χ2v) is 9.64. The maximum Gasteiger partial charge on any atom is 0.115 e. The fourth-order valence-electron chi connectivity index (χ4n) is 4.19. The normalized spacial score (nSPS) is 14.4. The summed E-state index contributed by atoms with van der Waals surface area (Å²) in [7, 11) is 0. The molecule has 0 aliphatic heterocycles. The summed E-state index contributed by atoms with van der Waals surface area (Å²) in [6.45, 7) is 8.56. The number of hydrogen-bond donors (Lipinski definition) is 4. The Kier molecular flexibility index (Phi) is 12.4. The van der Waals surface area contributed by atoms with Gasteiger partial charge in [-0.3, -0.25) is 0 Å². The first-order valence-corrected chi connectivity index (χ1v) is 12.5. The molecule has 0 fully saturated rings. The Balaban J connectivity index is 1.95. The molecule has 0 bridgehead atoms. The van der Waals surface area contributed by atoms with Gasteiger partial charge in [0.25, 0.3) is 0 Å². The number of unbranched alkanes of at least 4 members (excludes halogenated alkanes) is 1. The van der Waals surface area contributed by atoms with Gasteiger partial charge in [-0.2, -0.15) is 0 Å². The Hall–Kier alpha value is -1.88. The van der Waals surface area contributed by atoms with Crippen molar-refractivity contribution in [3.8, 4) is 5.75 Å². The summed E-state index contributed by atoms with van der Waals surface area (Å²) in [5.74, 6) is 0.977. The van der Waals surface area contributed by atoms with Crippen LogP contribution in [0.15, 0.2) is 54.6 Å². The van der Waals surface area contributed by atoms with Crippen LogP contribution in [0, 0.1) is 5.92 Å². The molecular weight excluding hydrogens is 394 g/mol. The number of aryl methyl sites for hydroxylation is 1. The first-order chi connectivity index (χ1) is 15.5. The number of rotatable bonds is 16. The van der Waals surface area contributed by atoms with Gasteiger partial charge in [-0.05, 0) is 61.3 Å². The molecule has 0 amide bonds. The highest BCUT2D eigenvalue weighted by atomic mass is 16.3. The second kappa shape index (κ2) is 15.0. The van der Waals surface area contributed by atoms with Crippen molar-refractivity contribution in [1.82, 2.24) is 10.6 Å². The smallest absolute Gasteiger partial charge is 0.115 e. The molecule has 0 saturated carbocycles. The van der Waals surface area contributed by atoms with Crippen LogP contribution >= 0.6 is 0 Å². The van der Waals surface area contributed by atoms with Crippen LogP contribution in [0.3, 0.4) is 0 Å². The number of benzene rings is 2. The molecule has 2 aromatic rings. The largest absolute Gasteiger partial charge is 0.508 e. The monoisotopic (exact) mass is 439 g/mol. The van der Waals surface area contributed by atoms with Gasteiger partial charge in [0.2, 0.25) is 0 Å². The van der Waals surface area contributed by atoms with Gasteiger partial charge in [0, 0.05) is 31.2 Å². The van der Waals surface area contributed by atoms with E-state index in [-0.39, 0.29) is 6.04 Å². The van der Waals surface area contributed by atoms with Gasteiger partial charge in [-0.25, -0.2) is 0 Å². The van der Waals surface area contributed by atoms with Gasteiger partial charge < -0.3 is 21.5 Å². The minimum atomic E-state index is 0.196. The highest BCUT2D eigenvalue weighted by molar-refractivity contribution is 5.26. The third-order valence-electron chi connectivity index (χ3n) is 6.05. The maximum absolute atomic E-state index is 9.62. The highest BCUT2D eigenvalue weighted by Crippen LogP contribution is 2.14. The van der Waals surface area contributed by atoms with E-state index in [1.165, 1.54) is 30.4 Å². The molecule has 0 aromatic heterocycles. The lowest BCUT2D eigenvalue weighted by molar-refractivity contribution is 0.362. The van der Waals surface area contributed by atoms with Crippen molar-refractivity contribution >= 4 is 0 Å². The lowest BCUT2D eigenvalue weighted by atomic mass is 9.96. The van der Waals surface area contributed by atoms with Gasteiger partial charge in [0.05, 0.1) is 0 Å². The van der Waals surface area contributed by atoms with E-state index in [1.54, 1.807) is 12.1 Å². The molecule has 4 nitrogen and oxygen atoms in total. The average Bonchev–Trinajstić information content (AvgIpc) is 2.79. The van der Waals surface area contributed by atoms with Crippen molar-refractivity contribution in [3.63, 3.8) is 0 Å². The minimum absolute atomic E-state index is 0.196. The molecule has 178 valence electrons. The molecule has 4 heteroatoms. The summed E-state index contributed by atoms with van der Waals surface area (Å²) in [4.78, 5) is 0. The van der Waals surface area contributed by atoms with Crippen molar-refractivity contribution < 1.29 is 5.11 Å². The topological polar surface area (TPSA) is 70.3 Å². The van der Waals surface area contributed by atoms with Gasteiger partial charge >= 0.3 is 0 Å². The van der Waals surface area contributed by atoms with E-state index in [0.29, 0.717) is 23.8 Å². The lowest BCUT2D eigenvalue weighted by Crippen LogP contribution is -2.47. The number of aromatic hydroxyl groups is 1.